The van der Waals surface area contributed by atoms with Crippen LogP contribution >= 0.6 is 0 Å². The molecule has 5 nitrogen and oxygen atoms in total. The second kappa shape index (κ2) is 6.26. The first kappa shape index (κ1) is 15.8. The lowest BCUT2D eigenvalue weighted by Gasteiger charge is -2.22. The summed E-state index contributed by atoms with van der Waals surface area (Å²) in [6, 6.07) is 0. The Morgan fingerprint density at radius 2 is 1.63 bits per heavy atom. The number of carbonyl (C=O) groups is 2. The summed E-state index contributed by atoms with van der Waals surface area (Å²) in [6.45, 7) is 8.28. The molecule has 0 saturated heterocycles. The topological polar surface area (TPSA) is 67.4 Å². The minimum atomic E-state index is -0.495. The van der Waals surface area contributed by atoms with E-state index in [1.807, 2.05) is 27.7 Å². The van der Waals surface area contributed by atoms with Crippen LogP contribution in [-0.2, 0) is 9.53 Å². The summed E-state index contributed by atoms with van der Waals surface area (Å²) in [5, 5.41) is 5.50. The Balaban J connectivity index is 2.17. The molecule has 0 bridgehead atoms. The smallest absolute Gasteiger partial charge is 0.407 e. The number of nitrogens with one attached hydrogen (secondary N) is 2. The van der Waals surface area contributed by atoms with Crippen LogP contribution in [0.5, 0.6) is 0 Å². The van der Waals surface area contributed by atoms with Crippen molar-refractivity contribution in [3.63, 3.8) is 0 Å². The Hall–Kier alpha value is -1.26. The highest BCUT2D eigenvalue weighted by molar-refractivity contribution is 5.82. The predicted octanol–water partition coefficient (Wildman–Crippen LogP) is 2.21. The van der Waals surface area contributed by atoms with Crippen molar-refractivity contribution in [3.05, 3.63) is 0 Å². The Labute approximate surface area is 115 Å². The lowest BCUT2D eigenvalue weighted by molar-refractivity contribution is -0.129. The van der Waals surface area contributed by atoms with Crippen LogP contribution in [0.4, 0.5) is 4.79 Å². The normalized spacial score (nSPS) is 17.9. The maximum atomic E-state index is 12.0. The van der Waals surface area contributed by atoms with Crippen LogP contribution in [-0.4, -0.2) is 30.7 Å². The molecule has 0 radical (unpaired) electrons. The second-order valence-electron chi connectivity index (χ2n) is 6.45. The summed E-state index contributed by atoms with van der Waals surface area (Å²) >= 11 is 0. The van der Waals surface area contributed by atoms with Crippen LogP contribution in [0.1, 0.15) is 53.4 Å². The van der Waals surface area contributed by atoms with Gasteiger partial charge in [0.2, 0.25) is 5.91 Å². The first-order valence-corrected chi connectivity index (χ1v) is 6.98. The van der Waals surface area contributed by atoms with Gasteiger partial charge in [0, 0.05) is 18.5 Å². The summed E-state index contributed by atoms with van der Waals surface area (Å²) in [4.78, 5) is 23.4. The third-order valence-corrected chi connectivity index (χ3v) is 3.33. The van der Waals surface area contributed by atoms with Gasteiger partial charge in [-0.05, 0) is 33.6 Å². The van der Waals surface area contributed by atoms with Crippen molar-refractivity contribution in [2.24, 2.45) is 5.41 Å². The fraction of sp³-hybridized carbons (Fsp3) is 0.857. The molecule has 1 saturated carbocycles. The molecular weight excluding hydrogens is 244 g/mol. The molecule has 1 aliphatic rings. The standard InChI is InChI=1S/C14H26N2O3/c1-13(2,3)19-12(18)16-10-9-15-11(17)14(4)7-5-6-8-14/h5-10H2,1-4H3,(H,15,17)(H,16,18). The van der Waals surface area contributed by atoms with Crippen LogP contribution in [0.3, 0.4) is 0 Å². The number of amides is 2. The van der Waals surface area contributed by atoms with Crippen molar-refractivity contribution in [3.8, 4) is 0 Å². The van der Waals surface area contributed by atoms with Crippen molar-refractivity contribution in [1.82, 2.24) is 10.6 Å². The zero-order valence-corrected chi connectivity index (χ0v) is 12.5. The van der Waals surface area contributed by atoms with Crippen LogP contribution in [0.15, 0.2) is 0 Å². The molecule has 0 heterocycles. The van der Waals surface area contributed by atoms with Crippen molar-refractivity contribution in [2.75, 3.05) is 13.1 Å². The second-order valence-corrected chi connectivity index (χ2v) is 6.45. The van der Waals surface area contributed by atoms with Crippen LogP contribution in [0, 0.1) is 5.41 Å². The molecule has 0 unspecified atom stereocenters. The average Bonchev–Trinajstić information content (AvgIpc) is 2.70. The fourth-order valence-electron chi connectivity index (χ4n) is 2.25. The minimum Gasteiger partial charge on any atom is -0.444 e. The number of carbonyl (C=O) groups excluding carboxylic acids is 2. The number of rotatable bonds is 4. The predicted molar refractivity (Wildman–Crippen MR) is 73.8 cm³/mol. The molecule has 2 N–H and O–H groups in total. The van der Waals surface area contributed by atoms with Gasteiger partial charge in [-0.15, -0.1) is 0 Å². The van der Waals surface area contributed by atoms with Gasteiger partial charge >= 0.3 is 6.09 Å². The van der Waals surface area contributed by atoms with E-state index in [9.17, 15) is 9.59 Å². The molecule has 1 aliphatic carbocycles. The molecule has 0 atom stereocenters. The van der Waals surface area contributed by atoms with E-state index in [1.54, 1.807) is 0 Å². The monoisotopic (exact) mass is 270 g/mol. The summed E-state index contributed by atoms with van der Waals surface area (Å²) < 4.78 is 5.10. The fourth-order valence-corrected chi connectivity index (χ4v) is 2.25. The number of alkyl carbamates (subject to hydrolysis) is 1. The van der Waals surface area contributed by atoms with Crippen molar-refractivity contribution in [2.45, 2.75) is 59.0 Å². The largest absolute Gasteiger partial charge is 0.444 e. The number of hydrogen-bond donors (Lipinski definition) is 2. The lowest BCUT2D eigenvalue weighted by Crippen LogP contribution is -2.42. The van der Waals surface area contributed by atoms with Crippen LogP contribution < -0.4 is 10.6 Å². The minimum absolute atomic E-state index is 0.0935. The summed E-state index contributed by atoms with van der Waals surface area (Å²) in [5.74, 6) is 0.0935. The van der Waals surface area contributed by atoms with E-state index in [4.69, 9.17) is 4.74 Å². The van der Waals surface area contributed by atoms with Gasteiger partial charge in [-0.2, -0.15) is 0 Å². The molecule has 1 rings (SSSR count). The number of hydrogen-bond acceptors (Lipinski definition) is 3. The van der Waals surface area contributed by atoms with Crippen molar-refractivity contribution >= 4 is 12.0 Å². The van der Waals surface area contributed by atoms with E-state index in [1.165, 1.54) is 0 Å². The quantitative estimate of drug-likeness (QED) is 0.770. The molecule has 0 aromatic rings. The summed E-state index contributed by atoms with van der Waals surface area (Å²) in [5.41, 5.74) is -0.712. The molecule has 0 aliphatic heterocycles. The molecule has 0 spiro atoms. The molecular formula is C14H26N2O3. The van der Waals surface area contributed by atoms with Crippen LogP contribution in [0.2, 0.25) is 0 Å². The summed E-state index contributed by atoms with van der Waals surface area (Å²) in [7, 11) is 0. The zero-order valence-electron chi connectivity index (χ0n) is 12.5. The Morgan fingerprint density at radius 1 is 1.11 bits per heavy atom. The van der Waals surface area contributed by atoms with Gasteiger partial charge in [0.05, 0.1) is 0 Å². The van der Waals surface area contributed by atoms with Gasteiger partial charge in [0.15, 0.2) is 0 Å². The Kier molecular flexibility index (Phi) is 5.20. The molecule has 1 fully saturated rings. The highest BCUT2D eigenvalue weighted by Gasteiger charge is 2.35. The summed E-state index contributed by atoms with van der Waals surface area (Å²) in [6.07, 6.45) is 3.71. The van der Waals surface area contributed by atoms with Gasteiger partial charge in [0.1, 0.15) is 5.60 Å². The zero-order chi connectivity index (χ0) is 14.5. The first-order valence-electron chi connectivity index (χ1n) is 6.98. The van der Waals surface area contributed by atoms with Gasteiger partial charge in [0.25, 0.3) is 0 Å². The Bertz CT molecular complexity index is 328. The van der Waals surface area contributed by atoms with E-state index in [2.05, 4.69) is 10.6 Å². The maximum absolute atomic E-state index is 12.0. The van der Waals surface area contributed by atoms with E-state index in [0.29, 0.717) is 13.1 Å². The van der Waals surface area contributed by atoms with Crippen LogP contribution in [0.25, 0.3) is 0 Å². The average molecular weight is 270 g/mol. The van der Waals surface area contributed by atoms with Gasteiger partial charge < -0.3 is 15.4 Å². The molecule has 19 heavy (non-hydrogen) atoms. The van der Waals surface area contributed by atoms with E-state index >= 15 is 0 Å². The molecule has 110 valence electrons. The molecule has 5 heteroatoms. The maximum Gasteiger partial charge on any atom is 0.407 e. The van der Waals surface area contributed by atoms with Gasteiger partial charge in [-0.3, -0.25) is 4.79 Å². The SMILES string of the molecule is CC(C)(C)OC(=O)NCCNC(=O)C1(C)CCCC1. The van der Waals surface area contributed by atoms with Crippen molar-refractivity contribution < 1.29 is 14.3 Å². The van der Waals surface area contributed by atoms with E-state index < -0.39 is 11.7 Å². The Morgan fingerprint density at radius 3 is 2.16 bits per heavy atom. The highest BCUT2D eigenvalue weighted by atomic mass is 16.6. The van der Waals surface area contributed by atoms with Crippen molar-refractivity contribution in [1.29, 1.82) is 0 Å². The highest BCUT2D eigenvalue weighted by Crippen LogP contribution is 2.37. The third kappa shape index (κ3) is 5.49. The molecule has 2 amide bonds. The molecule has 0 aromatic carbocycles. The lowest BCUT2D eigenvalue weighted by atomic mass is 9.88. The van der Waals surface area contributed by atoms with E-state index in [-0.39, 0.29) is 11.3 Å². The third-order valence-electron chi connectivity index (χ3n) is 3.33. The molecule has 0 aromatic heterocycles. The van der Waals surface area contributed by atoms with Gasteiger partial charge in [-0.1, -0.05) is 19.8 Å². The number of ether oxygens (including phenoxy) is 1. The first-order chi connectivity index (χ1) is 8.73. The van der Waals surface area contributed by atoms with E-state index in [0.717, 1.165) is 25.7 Å². The van der Waals surface area contributed by atoms with Gasteiger partial charge in [-0.25, -0.2) is 4.79 Å².